The normalized spacial score (nSPS) is 46.4. The Labute approximate surface area is 153 Å². The Morgan fingerprint density at radius 3 is 2.22 bits per heavy atom. The molecule has 160 valence electrons. The van der Waals surface area contributed by atoms with Crippen LogP contribution in [0.4, 0.5) is 0 Å². The summed E-state index contributed by atoms with van der Waals surface area (Å²) < 4.78 is 50.2. The molecule has 15 heteroatoms. The van der Waals surface area contributed by atoms with Gasteiger partial charge in [-0.2, -0.15) is 8.42 Å². The molecule has 0 aromatic rings. The van der Waals surface area contributed by atoms with Crippen molar-refractivity contribution in [2.45, 2.75) is 54.8 Å². The number of aliphatic hydroxyl groups excluding tert-OH is 6. The highest BCUT2D eigenvalue weighted by atomic mass is 32.3. The third-order valence-electron chi connectivity index (χ3n) is 4.22. The maximum Gasteiger partial charge on any atom is 0.397 e. The highest BCUT2D eigenvalue weighted by Crippen LogP contribution is 2.32. The van der Waals surface area contributed by atoms with Gasteiger partial charge in [0.25, 0.3) is 0 Å². The smallest absolute Gasteiger partial charge is 0.394 e. The molecule has 0 aromatic heterocycles. The molecule has 0 unspecified atom stereocenters. The first-order valence-electron chi connectivity index (χ1n) is 7.70. The van der Waals surface area contributed by atoms with Crippen LogP contribution in [0.5, 0.6) is 0 Å². The Bertz CT molecular complexity index is 599. The predicted octanol–water partition coefficient (Wildman–Crippen LogP) is -5.57. The molecule has 0 spiro atoms. The van der Waals surface area contributed by atoms with Crippen molar-refractivity contribution in [1.82, 2.24) is 0 Å². The molecule has 27 heavy (non-hydrogen) atoms. The van der Waals surface area contributed by atoms with E-state index in [9.17, 15) is 44.2 Å². The Morgan fingerprint density at radius 2 is 1.70 bits per heavy atom. The first kappa shape index (κ1) is 22.8. The molecule has 14 nitrogen and oxygen atoms in total. The fourth-order valence-electron chi connectivity index (χ4n) is 2.75. The molecule has 2 saturated heterocycles. The van der Waals surface area contributed by atoms with Gasteiger partial charge in [0.1, 0.15) is 36.6 Å². The van der Waals surface area contributed by atoms with E-state index in [-0.39, 0.29) is 0 Å². The van der Waals surface area contributed by atoms with Crippen molar-refractivity contribution in [2.75, 3.05) is 19.8 Å². The van der Waals surface area contributed by atoms with Crippen molar-refractivity contribution >= 4 is 10.4 Å². The van der Waals surface area contributed by atoms with E-state index in [0.29, 0.717) is 0 Å². The fraction of sp³-hybridized carbons (Fsp3) is 1.00. The maximum absolute atomic E-state index is 11.0. The maximum atomic E-state index is 11.0. The highest BCUT2D eigenvalue weighted by Gasteiger charge is 2.55. The first-order chi connectivity index (χ1) is 12.4. The molecule has 0 bridgehead atoms. The third-order valence-corrected chi connectivity index (χ3v) is 4.68. The molecule has 0 radical (unpaired) electrons. The lowest BCUT2D eigenvalue weighted by Gasteiger charge is -2.47. The van der Waals surface area contributed by atoms with Gasteiger partial charge in [-0.25, -0.2) is 4.18 Å². The van der Waals surface area contributed by atoms with Crippen molar-refractivity contribution in [3.05, 3.63) is 0 Å². The van der Waals surface area contributed by atoms with Gasteiger partial charge in [0, 0.05) is 0 Å². The van der Waals surface area contributed by atoms with Gasteiger partial charge in [-0.3, -0.25) is 4.55 Å². The van der Waals surface area contributed by atoms with E-state index < -0.39 is 85.0 Å². The van der Waals surface area contributed by atoms with Gasteiger partial charge in [-0.05, 0) is 0 Å². The van der Waals surface area contributed by atoms with Crippen LogP contribution < -0.4 is 0 Å². The topological polar surface area (TPSA) is 233 Å². The highest BCUT2D eigenvalue weighted by molar-refractivity contribution is 7.80. The minimum Gasteiger partial charge on any atom is -0.394 e. The van der Waals surface area contributed by atoms with Crippen molar-refractivity contribution < 1.29 is 67.1 Å². The van der Waals surface area contributed by atoms with E-state index in [4.69, 9.17) is 18.8 Å². The van der Waals surface area contributed by atoms with Crippen LogP contribution in [0.1, 0.15) is 0 Å². The Morgan fingerprint density at radius 1 is 1.07 bits per heavy atom. The van der Waals surface area contributed by atoms with Crippen LogP contribution in [0, 0.1) is 0 Å². The van der Waals surface area contributed by atoms with Crippen LogP contribution in [0.2, 0.25) is 0 Å². The van der Waals surface area contributed by atoms with Gasteiger partial charge in [-0.15, -0.1) is 0 Å². The van der Waals surface area contributed by atoms with Crippen LogP contribution >= 0.6 is 0 Å². The number of ether oxygens (including phenoxy) is 3. The zero-order valence-electron chi connectivity index (χ0n) is 13.7. The second-order valence-corrected chi connectivity index (χ2v) is 7.17. The van der Waals surface area contributed by atoms with Gasteiger partial charge >= 0.3 is 10.4 Å². The van der Waals surface area contributed by atoms with Gasteiger partial charge in [0.05, 0.1) is 19.8 Å². The minimum atomic E-state index is -5.19. The fourth-order valence-corrected chi connectivity index (χ4v) is 3.24. The van der Waals surface area contributed by atoms with Crippen molar-refractivity contribution in [1.29, 1.82) is 0 Å². The quantitative estimate of drug-likeness (QED) is 0.186. The molecule has 0 saturated carbocycles. The summed E-state index contributed by atoms with van der Waals surface area (Å²) >= 11 is 0. The van der Waals surface area contributed by atoms with Crippen molar-refractivity contribution in [2.24, 2.45) is 0 Å². The molecule has 9 atom stereocenters. The molecular weight excluding hydrogens is 400 g/mol. The molecule has 2 heterocycles. The summed E-state index contributed by atoms with van der Waals surface area (Å²) in [4.78, 5) is 0. The monoisotopic (exact) mass is 422 g/mol. The average molecular weight is 422 g/mol. The second-order valence-electron chi connectivity index (χ2n) is 6.12. The lowest BCUT2D eigenvalue weighted by atomic mass is 9.96. The van der Waals surface area contributed by atoms with Crippen LogP contribution in [0.15, 0.2) is 0 Å². The minimum absolute atomic E-state index is 0.574. The summed E-state index contributed by atoms with van der Waals surface area (Å²) in [6.45, 7) is -2.55. The summed E-state index contributed by atoms with van der Waals surface area (Å²) in [6, 6.07) is 0. The van der Waals surface area contributed by atoms with Crippen molar-refractivity contribution in [3.8, 4) is 0 Å². The standard InChI is InChI=1S/C12H22O14S/c13-1-5-7(17)8(18)9(26-27(20,21)22)11(24-5)25-10-6(16)4(15)2-23-12(10,19)3-14/h4-11,13-19H,1-3H2,(H,20,21,22)/t4-,5-,6-,7-,8+,9-,10+,11-,12+/m1/s1. The second kappa shape index (κ2) is 8.46. The van der Waals surface area contributed by atoms with Crippen LogP contribution in [-0.4, -0.2) is 123 Å². The van der Waals surface area contributed by atoms with E-state index in [0.717, 1.165) is 0 Å². The Hall–Kier alpha value is -0.530. The van der Waals surface area contributed by atoms with Gasteiger partial charge < -0.3 is 50.0 Å². The lowest BCUT2D eigenvalue weighted by Crippen LogP contribution is -2.67. The van der Waals surface area contributed by atoms with E-state index in [1.54, 1.807) is 0 Å². The summed E-state index contributed by atoms with van der Waals surface area (Å²) in [5.74, 6) is -2.56. The molecular formula is C12H22O14S. The summed E-state index contributed by atoms with van der Waals surface area (Å²) in [5.41, 5.74) is 0. The third kappa shape index (κ3) is 4.91. The first-order valence-corrected chi connectivity index (χ1v) is 9.07. The summed E-state index contributed by atoms with van der Waals surface area (Å²) in [5, 5.41) is 68.3. The van der Waals surface area contributed by atoms with Crippen LogP contribution in [0.25, 0.3) is 0 Å². The zero-order chi connectivity index (χ0) is 20.6. The summed E-state index contributed by atoms with van der Waals surface area (Å²) in [6.07, 6.45) is -14.9. The van der Waals surface area contributed by atoms with Crippen LogP contribution in [-0.2, 0) is 28.8 Å². The largest absolute Gasteiger partial charge is 0.397 e. The van der Waals surface area contributed by atoms with Gasteiger partial charge in [-0.1, -0.05) is 0 Å². The van der Waals surface area contributed by atoms with Crippen LogP contribution in [0.3, 0.4) is 0 Å². The SMILES string of the molecule is O=S(=O)(O)O[C@H]1[C@@H](O[C@H]2[C@H](O)[C@H](O)CO[C@@]2(O)CO)O[C@H](CO)[C@@H](O)[C@@H]1O. The lowest BCUT2D eigenvalue weighted by molar-refractivity contribution is -0.385. The number of rotatable bonds is 6. The van der Waals surface area contributed by atoms with E-state index in [1.807, 2.05) is 0 Å². The molecule has 0 amide bonds. The number of hydrogen-bond acceptors (Lipinski definition) is 13. The molecule has 2 aliphatic heterocycles. The molecule has 8 N–H and O–H groups in total. The van der Waals surface area contributed by atoms with Crippen molar-refractivity contribution in [3.63, 3.8) is 0 Å². The molecule has 0 aliphatic carbocycles. The van der Waals surface area contributed by atoms with E-state index in [2.05, 4.69) is 4.18 Å². The predicted molar refractivity (Wildman–Crippen MR) is 79.1 cm³/mol. The summed E-state index contributed by atoms with van der Waals surface area (Å²) in [7, 11) is -5.19. The molecule has 2 aliphatic rings. The van der Waals surface area contributed by atoms with E-state index in [1.165, 1.54) is 0 Å². The number of aliphatic hydroxyl groups is 7. The average Bonchev–Trinajstić information content (AvgIpc) is 2.60. The van der Waals surface area contributed by atoms with E-state index >= 15 is 0 Å². The molecule has 0 aromatic carbocycles. The Balaban J connectivity index is 2.32. The van der Waals surface area contributed by atoms with Gasteiger partial charge in [0.15, 0.2) is 12.4 Å². The van der Waals surface area contributed by atoms with Gasteiger partial charge in [0.2, 0.25) is 5.79 Å². The number of hydrogen-bond donors (Lipinski definition) is 8. The zero-order valence-corrected chi connectivity index (χ0v) is 14.5. The Kier molecular flexibility index (Phi) is 7.13. The molecule has 2 rings (SSSR count). The molecule has 2 fully saturated rings.